The minimum Gasteiger partial charge on any atom is -0.385 e. The average Bonchev–Trinajstić information content (AvgIpc) is 2.48. The van der Waals surface area contributed by atoms with E-state index in [0.717, 1.165) is 16.9 Å². The Morgan fingerprint density at radius 3 is 2.86 bits per heavy atom. The summed E-state index contributed by atoms with van der Waals surface area (Å²) in [6.07, 6.45) is 0.372. The van der Waals surface area contributed by atoms with Gasteiger partial charge in [0.25, 0.3) is 0 Å². The maximum absolute atomic E-state index is 9.74. The van der Waals surface area contributed by atoms with Crippen LogP contribution in [0.4, 0.5) is 0 Å². The summed E-state index contributed by atoms with van der Waals surface area (Å²) in [5.41, 5.74) is 1.02. The average molecular weight is 235 g/mol. The van der Waals surface area contributed by atoms with Crippen molar-refractivity contribution in [3.8, 4) is 0 Å². The fourth-order valence-electron chi connectivity index (χ4n) is 1.09. The summed E-state index contributed by atoms with van der Waals surface area (Å²) < 4.78 is 5.26. The van der Waals surface area contributed by atoms with Gasteiger partial charge in [-0.25, -0.2) is 0 Å². The second-order valence-electron chi connectivity index (χ2n) is 3.19. The molecule has 0 aromatic carbocycles. The minimum atomic E-state index is -0.590. The Kier molecular flexibility index (Phi) is 4.89. The quantitative estimate of drug-likeness (QED) is 0.793. The molecule has 1 atom stereocenters. The Morgan fingerprint density at radius 2 is 2.36 bits per heavy atom. The zero-order valence-corrected chi connectivity index (χ0v) is 9.99. The maximum atomic E-state index is 9.74. The lowest BCUT2D eigenvalue weighted by Crippen LogP contribution is -2.06. The smallest absolute Gasteiger partial charge is 0.113 e. The third-order valence-electron chi connectivity index (χ3n) is 1.85. The number of rotatable bonds is 5. The van der Waals surface area contributed by atoms with Crippen molar-refractivity contribution in [1.29, 1.82) is 0 Å². The molecule has 2 nitrogen and oxygen atoms in total. The molecule has 1 unspecified atom stereocenters. The van der Waals surface area contributed by atoms with Crippen LogP contribution in [0.25, 0.3) is 0 Å². The van der Waals surface area contributed by atoms with E-state index < -0.39 is 6.10 Å². The maximum Gasteiger partial charge on any atom is 0.113 e. The van der Waals surface area contributed by atoms with Crippen molar-refractivity contribution in [2.45, 2.75) is 26.4 Å². The molecule has 14 heavy (non-hydrogen) atoms. The molecule has 1 aromatic rings. The third-order valence-corrected chi connectivity index (χ3v) is 3.67. The fourth-order valence-corrected chi connectivity index (χ4v) is 2.38. The molecule has 80 valence electrons. The highest BCUT2D eigenvalue weighted by molar-refractivity contribution is 7.10. The van der Waals surface area contributed by atoms with E-state index in [1.165, 1.54) is 11.3 Å². The molecular formula is C10H15ClO2S. The largest absolute Gasteiger partial charge is 0.385 e. The summed E-state index contributed by atoms with van der Waals surface area (Å²) >= 11 is 7.49. The first kappa shape index (κ1) is 12.0. The van der Waals surface area contributed by atoms with Crippen LogP contribution >= 0.6 is 22.9 Å². The first-order valence-corrected chi connectivity index (χ1v) is 5.91. The summed E-state index contributed by atoms with van der Waals surface area (Å²) in [5, 5.41) is 12.4. The first-order valence-electron chi connectivity index (χ1n) is 4.66. The van der Waals surface area contributed by atoms with Crippen LogP contribution in [-0.2, 0) is 4.74 Å². The van der Waals surface area contributed by atoms with Gasteiger partial charge in [0.15, 0.2) is 0 Å². The van der Waals surface area contributed by atoms with Crippen LogP contribution in [0.3, 0.4) is 0 Å². The van der Waals surface area contributed by atoms with Gasteiger partial charge in [-0.05, 0) is 24.3 Å². The predicted octanol–water partition coefficient (Wildman–Crippen LogP) is 3.17. The molecular weight excluding hydrogens is 220 g/mol. The Hall–Kier alpha value is -0.0900. The molecule has 0 saturated heterocycles. The van der Waals surface area contributed by atoms with Gasteiger partial charge in [0.2, 0.25) is 0 Å². The second-order valence-corrected chi connectivity index (χ2v) is 4.48. The lowest BCUT2D eigenvalue weighted by Gasteiger charge is -2.09. The van der Waals surface area contributed by atoms with Gasteiger partial charge in [0, 0.05) is 6.61 Å². The van der Waals surface area contributed by atoms with Gasteiger partial charge < -0.3 is 9.84 Å². The van der Waals surface area contributed by atoms with E-state index in [1.54, 1.807) is 0 Å². The van der Waals surface area contributed by atoms with E-state index in [1.807, 2.05) is 19.2 Å². The zero-order chi connectivity index (χ0) is 10.6. The molecule has 0 saturated carbocycles. The zero-order valence-electron chi connectivity index (χ0n) is 8.42. The van der Waals surface area contributed by atoms with Gasteiger partial charge in [0.05, 0.1) is 16.5 Å². The molecule has 1 N–H and O–H groups in total. The second kappa shape index (κ2) is 5.71. The number of aliphatic hydroxyl groups is 1. The topological polar surface area (TPSA) is 29.5 Å². The summed E-state index contributed by atoms with van der Waals surface area (Å²) in [6.45, 7) is 4.98. The normalized spacial score (nSPS) is 13.1. The Balaban J connectivity index is 2.52. The van der Waals surface area contributed by atoms with E-state index in [-0.39, 0.29) is 0 Å². The molecule has 4 heteroatoms. The summed E-state index contributed by atoms with van der Waals surface area (Å²) in [5.74, 6) is 0. The molecule has 0 fully saturated rings. The molecule has 1 rings (SSSR count). The molecule has 0 aliphatic carbocycles. The van der Waals surface area contributed by atoms with Gasteiger partial charge in [-0.15, -0.1) is 11.3 Å². The van der Waals surface area contributed by atoms with E-state index in [4.69, 9.17) is 16.3 Å². The van der Waals surface area contributed by atoms with E-state index in [0.29, 0.717) is 18.2 Å². The number of aliphatic hydroxyl groups excluding tert-OH is 1. The fraction of sp³-hybridized carbons (Fsp3) is 0.600. The Labute approximate surface area is 93.5 Å². The van der Waals surface area contributed by atoms with Crippen molar-refractivity contribution in [2.75, 3.05) is 13.2 Å². The molecule has 0 spiro atoms. The Bertz CT molecular complexity index is 286. The van der Waals surface area contributed by atoms with Crippen molar-refractivity contribution in [1.82, 2.24) is 0 Å². The van der Waals surface area contributed by atoms with Crippen molar-refractivity contribution in [3.63, 3.8) is 0 Å². The van der Waals surface area contributed by atoms with Crippen LogP contribution in [0.5, 0.6) is 0 Å². The van der Waals surface area contributed by atoms with E-state index in [9.17, 15) is 5.11 Å². The van der Waals surface area contributed by atoms with Crippen molar-refractivity contribution < 1.29 is 9.84 Å². The summed E-state index contributed by atoms with van der Waals surface area (Å²) in [6, 6.07) is 0. The lowest BCUT2D eigenvalue weighted by molar-refractivity contribution is 0.0382. The molecule has 0 amide bonds. The van der Waals surface area contributed by atoms with Gasteiger partial charge in [-0.2, -0.15) is 0 Å². The van der Waals surface area contributed by atoms with E-state index >= 15 is 0 Å². The SMILES string of the molecule is CCCOCC(O)c1scc(C)c1Cl. The van der Waals surface area contributed by atoms with Crippen molar-refractivity contribution in [2.24, 2.45) is 0 Å². The van der Waals surface area contributed by atoms with Crippen LogP contribution in [0.1, 0.15) is 29.9 Å². The highest BCUT2D eigenvalue weighted by atomic mass is 35.5. The van der Waals surface area contributed by atoms with Gasteiger partial charge >= 0.3 is 0 Å². The molecule has 1 heterocycles. The number of ether oxygens (including phenoxy) is 1. The van der Waals surface area contributed by atoms with Gasteiger partial charge in [-0.1, -0.05) is 18.5 Å². The number of thiophene rings is 1. The molecule has 0 bridgehead atoms. The molecule has 0 aliphatic heterocycles. The first-order chi connectivity index (χ1) is 6.66. The van der Waals surface area contributed by atoms with Gasteiger partial charge in [-0.3, -0.25) is 0 Å². The predicted molar refractivity (Wildman–Crippen MR) is 60.1 cm³/mol. The monoisotopic (exact) mass is 234 g/mol. The molecule has 0 aliphatic rings. The summed E-state index contributed by atoms with van der Waals surface area (Å²) in [7, 11) is 0. The Morgan fingerprint density at radius 1 is 1.64 bits per heavy atom. The highest BCUT2D eigenvalue weighted by Gasteiger charge is 2.15. The number of halogens is 1. The number of aryl methyl sites for hydroxylation is 1. The summed E-state index contributed by atoms with van der Waals surface area (Å²) in [4.78, 5) is 0.806. The standard InChI is InChI=1S/C10H15ClO2S/c1-3-4-13-5-8(12)10-9(11)7(2)6-14-10/h6,8,12H,3-5H2,1-2H3. The van der Waals surface area contributed by atoms with E-state index in [2.05, 4.69) is 0 Å². The van der Waals surface area contributed by atoms with Crippen molar-refractivity contribution in [3.05, 3.63) is 20.8 Å². The number of hydrogen-bond donors (Lipinski definition) is 1. The lowest BCUT2D eigenvalue weighted by atomic mass is 10.2. The van der Waals surface area contributed by atoms with Crippen LogP contribution < -0.4 is 0 Å². The highest BCUT2D eigenvalue weighted by Crippen LogP contribution is 2.32. The van der Waals surface area contributed by atoms with Crippen LogP contribution in [0, 0.1) is 6.92 Å². The number of hydrogen-bond acceptors (Lipinski definition) is 3. The molecule has 0 radical (unpaired) electrons. The molecule has 1 aromatic heterocycles. The van der Waals surface area contributed by atoms with Crippen molar-refractivity contribution >= 4 is 22.9 Å². The minimum absolute atomic E-state index is 0.327. The van der Waals surface area contributed by atoms with Crippen LogP contribution in [0.2, 0.25) is 5.02 Å². The third kappa shape index (κ3) is 2.95. The van der Waals surface area contributed by atoms with Gasteiger partial charge in [0.1, 0.15) is 6.10 Å². The van der Waals surface area contributed by atoms with Crippen LogP contribution in [0.15, 0.2) is 5.38 Å². The van der Waals surface area contributed by atoms with Crippen LogP contribution in [-0.4, -0.2) is 18.3 Å².